The first-order valence-electron chi connectivity index (χ1n) is 5.05. The number of aliphatic hydroxyl groups is 1. The molecule has 0 saturated heterocycles. The van der Waals surface area contributed by atoms with Gasteiger partial charge in [0, 0.05) is 9.89 Å². The van der Waals surface area contributed by atoms with Crippen molar-refractivity contribution in [1.29, 1.82) is 0 Å². The van der Waals surface area contributed by atoms with Crippen molar-refractivity contribution in [2.24, 2.45) is 0 Å². The number of hydrogen-bond acceptors (Lipinski definition) is 1. The van der Waals surface area contributed by atoms with Gasteiger partial charge in [-0.25, -0.2) is 0 Å². The third kappa shape index (κ3) is 1.51. The number of aryl methyl sites for hydroxylation is 1. The largest absolute Gasteiger partial charge is 0.395 e. The summed E-state index contributed by atoms with van der Waals surface area (Å²) in [6.45, 7) is 2.36. The molecule has 1 saturated carbocycles. The van der Waals surface area contributed by atoms with E-state index in [1.54, 1.807) is 0 Å². The highest BCUT2D eigenvalue weighted by Crippen LogP contribution is 2.45. The van der Waals surface area contributed by atoms with E-state index in [1.165, 1.54) is 17.5 Å². The molecule has 1 aromatic rings. The number of aliphatic hydroxyl groups excluding tert-OH is 1. The van der Waals surface area contributed by atoms with E-state index >= 15 is 0 Å². The van der Waals surface area contributed by atoms with Crippen LogP contribution in [0.4, 0.5) is 0 Å². The van der Waals surface area contributed by atoms with E-state index < -0.39 is 0 Å². The van der Waals surface area contributed by atoms with Crippen molar-refractivity contribution in [3.05, 3.63) is 33.8 Å². The van der Waals surface area contributed by atoms with Crippen LogP contribution >= 0.6 is 15.9 Å². The zero-order valence-corrected chi connectivity index (χ0v) is 9.97. The Morgan fingerprint density at radius 2 is 2.14 bits per heavy atom. The van der Waals surface area contributed by atoms with E-state index in [0.717, 1.165) is 17.3 Å². The van der Waals surface area contributed by atoms with Crippen LogP contribution in [0.1, 0.15) is 30.4 Å². The third-order valence-electron chi connectivity index (χ3n) is 3.31. The van der Waals surface area contributed by atoms with Crippen LogP contribution in [0, 0.1) is 6.92 Å². The topological polar surface area (TPSA) is 20.2 Å². The van der Waals surface area contributed by atoms with Gasteiger partial charge in [-0.15, -0.1) is 0 Å². The van der Waals surface area contributed by atoms with Gasteiger partial charge in [0.25, 0.3) is 0 Å². The summed E-state index contributed by atoms with van der Waals surface area (Å²) in [4.78, 5) is 0. The molecule has 0 aliphatic heterocycles. The van der Waals surface area contributed by atoms with Gasteiger partial charge in [0.15, 0.2) is 0 Å². The fourth-order valence-electron chi connectivity index (χ4n) is 2.17. The maximum Gasteiger partial charge on any atom is 0.0528 e. The molecule has 2 rings (SSSR count). The average Bonchev–Trinajstić information content (AvgIpc) is 2.07. The lowest BCUT2D eigenvalue weighted by Crippen LogP contribution is -2.38. The molecule has 0 unspecified atom stereocenters. The van der Waals surface area contributed by atoms with Crippen LogP contribution in [-0.2, 0) is 5.41 Å². The van der Waals surface area contributed by atoms with Crippen LogP contribution in [0.15, 0.2) is 22.7 Å². The second kappa shape index (κ2) is 3.67. The van der Waals surface area contributed by atoms with Gasteiger partial charge in [0.1, 0.15) is 0 Å². The normalized spacial score (nSPS) is 19.1. The minimum absolute atomic E-state index is 0.0481. The molecule has 0 amide bonds. The zero-order valence-electron chi connectivity index (χ0n) is 8.39. The molecule has 14 heavy (non-hydrogen) atoms. The van der Waals surface area contributed by atoms with Gasteiger partial charge in [0.2, 0.25) is 0 Å². The van der Waals surface area contributed by atoms with E-state index in [-0.39, 0.29) is 12.0 Å². The summed E-state index contributed by atoms with van der Waals surface area (Å²) >= 11 is 3.59. The number of rotatable bonds is 2. The highest BCUT2D eigenvalue weighted by atomic mass is 79.9. The molecule has 1 aliphatic carbocycles. The lowest BCUT2D eigenvalue weighted by atomic mass is 9.65. The first kappa shape index (κ1) is 10.2. The van der Waals surface area contributed by atoms with Crippen LogP contribution in [0.25, 0.3) is 0 Å². The highest BCUT2D eigenvalue weighted by Gasteiger charge is 2.39. The highest BCUT2D eigenvalue weighted by molar-refractivity contribution is 9.10. The second-order valence-corrected chi connectivity index (χ2v) is 5.13. The number of hydrogen-bond donors (Lipinski definition) is 1. The van der Waals surface area contributed by atoms with Gasteiger partial charge < -0.3 is 5.11 Å². The molecular formula is C12H15BrO. The standard InChI is InChI=1S/C12H15BrO/c1-9-3-4-10(11(13)7-9)12(8-14)5-2-6-12/h3-4,7,14H,2,5-6,8H2,1H3. The molecule has 0 spiro atoms. The molecule has 1 aliphatic rings. The third-order valence-corrected chi connectivity index (χ3v) is 3.97. The van der Waals surface area contributed by atoms with E-state index in [1.807, 2.05) is 0 Å². The minimum atomic E-state index is 0.0481. The molecule has 0 aromatic heterocycles. The van der Waals surface area contributed by atoms with Crippen molar-refractivity contribution in [3.8, 4) is 0 Å². The Labute approximate surface area is 93.3 Å². The summed E-state index contributed by atoms with van der Waals surface area (Å²) in [6.07, 6.45) is 3.47. The van der Waals surface area contributed by atoms with Crippen molar-refractivity contribution < 1.29 is 5.11 Å². The van der Waals surface area contributed by atoms with E-state index in [4.69, 9.17) is 0 Å². The molecule has 1 N–H and O–H groups in total. The van der Waals surface area contributed by atoms with Crippen LogP contribution < -0.4 is 0 Å². The summed E-state index contributed by atoms with van der Waals surface area (Å²) < 4.78 is 1.14. The van der Waals surface area contributed by atoms with Crippen LogP contribution in [0.3, 0.4) is 0 Å². The molecule has 0 radical (unpaired) electrons. The number of benzene rings is 1. The van der Waals surface area contributed by atoms with Crippen molar-refractivity contribution in [2.45, 2.75) is 31.6 Å². The van der Waals surface area contributed by atoms with Gasteiger partial charge in [-0.3, -0.25) is 0 Å². The minimum Gasteiger partial charge on any atom is -0.395 e. The summed E-state index contributed by atoms with van der Waals surface area (Å²) in [6, 6.07) is 6.40. The Balaban J connectivity index is 2.40. The van der Waals surface area contributed by atoms with E-state index in [0.29, 0.717) is 0 Å². The predicted octanol–water partition coefficient (Wildman–Crippen LogP) is 3.17. The fraction of sp³-hybridized carbons (Fsp3) is 0.500. The second-order valence-electron chi connectivity index (χ2n) is 4.28. The average molecular weight is 255 g/mol. The maximum atomic E-state index is 9.46. The van der Waals surface area contributed by atoms with Crippen molar-refractivity contribution in [1.82, 2.24) is 0 Å². The number of halogens is 1. The lowest BCUT2D eigenvalue weighted by molar-refractivity contribution is 0.119. The van der Waals surface area contributed by atoms with E-state index in [2.05, 4.69) is 41.1 Å². The lowest BCUT2D eigenvalue weighted by Gasteiger charge is -2.41. The summed E-state index contributed by atoms with van der Waals surface area (Å²) in [5, 5.41) is 9.46. The summed E-state index contributed by atoms with van der Waals surface area (Å²) in [7, 11) is 0. The Morgan fingerprint density at radius 3 is 2.57 bits per heavy atom. The van der Waals surface area contributed by atoms with Crippen LogP contribution in [0.2, 0.25) is 0 Å². The molecular weight excluding hydrogens is 240 g/mol. The Kier molecular flexibility index (Phi) is 2.67. The smallest absolute Gasteiger partial charge is 0.0528 e. The van der Waals surface area contributed by atoms with Gasteiger partial charge in [-0.05, 0) is 37.0 Å². The van der Waals surface area contributed by atoms with Crippen LogP contribution in [0.5, 0.6) is 0 Å². The molecule has 76 valence electrons. The molecule has 0 heterocycles. The monoisotopic (exact) mass is 254 g/mol. The van der Waals surface area contributed by atoms with Gasteiger partial charge in [-0.1, -0.05) is 34.5 Å². The predicted molar refractivity (Wildman–Crippen MR) is 61.5 cm³/mol. The summed E-state index contributed by atoms with van der Waals surface area (Å²) in [5.41, 5.74) is 2.58. The first-order chi connectivity index (χ1) is 6.68. The SMILES string of the molecule is Cc1ccc(C2(CO)CCC2)c(Br)c1. The van der Waals surface area contributed by atoms with Gasteiger partial charge >= 0.3 is 0 Å². The maximum absolute atomic E-state index is 9.46. The quantitative estimate of drug-likeness (QED) is 0.860. The molecule has 1 aromatic carbocycles. The van der Waals surface area contributed by atoms with Crippen LogP contribution in [-0.4, -0.2) is 11.7 Å². The summed E-state index contributed by atoms with van der Waals surface area (Å²) in [5.74, 6) is 0. The molecule has 1 nitrogen and oxygen atoms in total. The van der Waals surface area contributed by atoms with Crippen molar-refractivity contribution >= 4 is 15.9 Å². The Hall–Kier alpha value is -0.340. The fourth-order valence-corrected chi connectivity index (χ4v) is 3.08. The Bertz CT molecular complexity index is 337. The zero-order chi connectivity index (χ0) is 10.2. The van der Waals surface area contributed by atoms with Crippen molar-refractivity contribution in [3.63, 3.8) is 0 Å². The van der Waals surface area contributed by atoms with E-state index in [9.17, 15) is 5.11 Å². The molecule has 1 fully saturated rings. The first-order valence-corrected chi connectivity index (χ1v) is 5.85. The Morgan fingerprint density at radius 1 is 1.43 bits per heavy atom. The van der Waals surface area contributed by atoms with Gasteiger partial charge in [-0.2, -0.15) is 0 Å². The van der Waals surface area contributed by atoms with Crippen molar-refractivity contribution in [2.75, 3.05) is 6.61 Å². The molecule has 2 heteroatoms. The molecule has 0 atom stereocenters. The molecule has 0 bridgehead atoms. The van der Waals surface area contributed by atoms with Gasteiger partial charge in [0.05, 0.1) is 6.61 Å².